The van der Waals surface area contributed by atoms with Crippen molar-refractivity contribution < 1.29 is 19.1 Å². The fourth-order valence-corrected chi connectivity index (χ4v) is 3.46. The number of amides is 2. The maximum atomic E-state index is 13.1. The van der Waals surface area contributed by atoms with Gasteiger partial charge in [0.1, 0.15) is 12.4 Å². The zero-order valence-corrected chi connectivity index (χ0v) is 20.0. The van der Waals surface area contributed by atoms with Crippen LogP contribution in [0.25, 0.3) is 0 Å². The summed E-state index contributed by atoms with van der Waals surface area (Å²) in [5, 5.41) is 2.93. The number of urea groups is 1. The fraction of sp³-hybridized carbons (Fsp3) is 0.286. The zero-order chi connectivity index (χ0) is 24.3. The molecule has 0 aliphatic rings. The Morgan fingerprint density at radius 1 is 0.912 bits per heavy atom. The van der Waals surface area contributed by atoms with E-state index in [2.05, 4.69) is 19.2 Å². The molecule has 0 atom stereocenters. The van der Waals surface area contributed by atoms with Crippen molar-refractivity contribution >= 4 is 17.7 Å². The summed E-state index contributed by atoms with van der Waals surface area (Å²) in [7, 11) is 0. The third kappa shape index (κ3) is 7.66. The maximum Gasteiger partial charge on any atom is 0.338 e. The largest absolute Gasteiger partial charge is 0.489 e. The molecule has 0 saturated heterocycles. The van der Waals surface area contributed by atoms with Crippen LogP contribution in [-0.2, 0) is 17.9 Å². The van der Waals surface area contributed by atoms with E-state index in [0.29, 0.717) is 43.5 Å². The number of hydrogen-bond donors (Lipinski definition) is 1. The van der Waals surface area contributed by atoms with Crippen molar-refractivity contribution in [2.24, 2.45) is 5.92 Å². The molecule has 0 aliphatic heterocycles. The number of carbonyl (C=O) groups is 2. The van der Waals surface area contributed by atoms with E-state index >= 15 is 0 Å². The number of rotatable bonds is 10. The molecule has 3 aromatic carbocycles. The molecule has 3 aromatic rings. The van der Waals surface area contributed by atoms with Gasteiger partial charge >= 0.3 is 12.0 Å². The van der Waals surface area contributed by atoms with E-state index < -0.39 is 0 Å². The molecule has 2 amide bonds. The van der Waals surface area contributed by atoms with Gasteiger partial charge in [0.25, 0.3) is 0 Å². The molecule has 6 nitrogen and oxygen atoms in total. The van der Waals surface area contributed by atoms with Crippen LogP contribution in [0.5, 0.6) is 5.75 Å². The van der Waals surface area contributed by atoms with Gasteiger partial charge in [-0.05, 0) is 60.4 Å². The smallest absolute Gasteiger partial charge is 0.338 e. The molecular weight excluding hydrogens is 428 g/mol. The molecule has 1 N–H and O–H groups in total. The Labute approximate surface area is 201 Å². The normalized spacial score (nSPS) is 10.6. The van der Waals surface area contributed by atoms with Crippen LogP contribution in [0.2, 0.25) is 0 Å². The predicted octanol–water partition coefficient (Wildman–Crippen LogP) is 6.13. The van der Waals surface area contributed by atoms with Gasteiger partial charge in [-0.15, -0.1) is 0 Å². The summed E-state index contributed by atoms with van der Waals surface area (Å²) in [5.74, 6) is 0.687. The van der Waals surface area contributed by atoms with Crippen molar-refractivity contribution in [1.82, 2.24) is 4.90 Å². The Balaban J connectivity index is 1.65. The Hall–Kier alpha value is -3.80. The number of carbonyl (C=O) groups excluding carboxylic acids is 2. The number of anilines is 1. The molecule has 0 unspecified atom stereocenters. The standard InChI is InChI=1S/C28H32N2O4/c1-4-33-27(31)24-13-15-25(16-14-24)29-28(32)30(18-21(2)3)19-23-11-8-12-26(17-23)34-20-22-9-6-5-7-10-22/h5-17,21H,4,18-20H2,1-3H3,(H,29,32). The van der Waals surface area contributed by atoms with E-state index in [4.69, 9.17) is 9.47 Å². The van der Waals surface area contributed by atoms with Crippen molar-refractivity contribution in [2.45, 2.75) is 33.9 Å². The lowest BCUT2D eigenvalue weighted by atomic mass is 10.1. The molecule has 0 bridgehead atoms. The first kappa shape index (κ1) is 24.8. The molecule has 3 rings (SSSR count). The molecule has 6 heteroatoms. The fourth-order valence-electron chi connectivity index (χ4n) is 3.46. The molecule has 0 heterocycles. The van der Waals surface area contributed by atoms with Gasteiger partial charge in [-0.3, -0.25) is 0 Å². The molecule has 0 spiro atoms. The van der Waals surface area contributed by atoms with Gasteiger partial charge in [0.15, 0.2) is 0 Å². The van der Waals surface area contributed by atoms with E-state index in [9.17, 15) is 9.59 Å². The third-order valence-corrected chi connectivity index (χ3v) is 5.04. The summed E-state index contributed by atoms with van der Waals surface area (Å²) in [4.78, 5) is 26.7. The number of ether oxygens (including phenoxy) is 2. The summed E-state index contributed by atoms with van der Waals surface area (Å²) in [5.41, 5.74) is 3.15. The summed E-state index contributed by atoms with van der Waals surface area (Å²) in [6.45, 7) is 7.78. The molecular formula is C28H32N2O4. The lowest BCUT2D eigenvalue weighted by Gasteiger charge is -2.25. The van der Waals surface area contributed by atoms with Gasteiger partial charge < -0.3 is 19.7 Å². The number of nitrogens with one attached hydrogen (secondary N) is 1. The second kappa shape index (κ2) is 12.4. The van der Waals surface area contributed by atoms with Crippen molar-refractivity contribution in [3.63, 3.8) is 0 Å². The lowest BCUT2D eigenvalue weighted by molar-refractivity contribution is 0.0526. The zero-order valence-electron chi connectivity index (χ0n) is 20.0. The van der Waals surface area contributed by atoms with Crippen LogP contribution in [0.3, 0.4) is 0 Å². The molecule has 34 heavy (non-hydrogen) atoms. The van der Waals surface area contributed by atoms with Crippen LogP contribution in [0, 0.1) is 5.92 Å². The van der Waals surface area contributed by atoms with Gasteiger partial charge in [0.2, 0.25) is 0 Å². The van der Waals surface area contributed by atoms with Gasteiger partial charge in [-0.1, -0.05) is 56.3 Å². The van der Waals surface area contributed by atoms with E-state index in [1.54, 1.807) is 36.1 Å². The van der Waals surface area contributed by atoms with Gasteiger partial charge in [0, 0.05) is 18.8 Å². The second-order valence-electron chi connectivity index (χ2n) is 8.42. The summed E-state index contributed by atoms with van der Waals surface area (Å²) < 4.78 is 10.9. The van der Waals surface area contributed by atoms with Crippen LogP contribution in [0.1, 0.15) is 42.3 Å². The number of benzene rings is 3. The SMILES string of the molecule is CCOC(=O)c1ccc(NC(=O)N(Cc2cccc(OCc3ccccc3)c2)CC(C)C)cc1. The molecule has 0 aliphatic carbocycles. The minimum atomic E-state index is -0.379. The average Bonchev–Trinajstić information content (AvgIpc) is 2.83. The highest BCUT2D eigenvalue weighted by molar-refractivity contribution is 5.92. The third-order valence-electron chi connectivity index (χ3n) is 5.04. The highest BCUT2D eigenvalue weighted by Crippen LogP contribution is 2.18. The highest BCUT2D eigenvalue weighted by Gasteiger charge is 2.16. The highest BCUT2D eigenvalue weighted by atomic mass is 16.5. The quantitative estimate of drug-likeness (QED) is 0.370. The van der Waals surface area contributed by atoms with Crippen LogP contribution in [0.4, 0.5) is 10.5 Å². The van der Waals surface area contributed by atoms with Crippen LogP contribution in [0.15, 0.2) is 78.9 Å². The number of nitrogens with zero attached hydrogens (tertiary/aromatic N) is 1. The van der Waals surface area contributed by atoms with Crippen molar-refractivity contribution in [1.29, 1.82) is 0 Å². The maximum absolute atomic E-state index is 13.1. The van der Waals surface area contributed by atoms with Crippen molar-refractivity contribution in [2.75, 3.05) is 18.5 Å². The molecule has 0 saturated carbocycles. The van der Waals surface area contributed by atoms with E-state index in [-0.39, 0.29) is 12.0 Å². The Bertz CT molecular complexity index is 1070. The van der Waals surface area contributed by atoms with Gasteiger partial charge in [0.05, 0.1) is 12.2 Å². The number of esters is 1. The first-order valence-corrected chi connectivity index (χ1v) is 11.5. The summed E-state index contributed by atoms with van der Waals surface area (Å²) >= 11 is 0. The van der Waals surface area contributed by atoms with Crippen molar-refractivity contribution in [3.05, 3.63) is 95.6 Å². The van der Waals surface area contributed by atoms with Crippen molar-refractivity contribution in [3.8, 4) is 5.75 Å². The van der Waals surface area contributed by atoms with Crippen LogP contribution >= 0.6 is 0 Å². The Morgan fingerprint density at radius 2 is 1.62 bits per heavy atom. The first-order chi connectivity index (χ1) is 16.4. The molecule has 0 aromatic heterocycles. The van der Waals surface area contributed by atoms with E-state index in [0.717, 1.165) is 16.9 Å². The van der Waals surface area contributed by atoms with E-state index in [1.165, 1.54) is 0 Å². The summed E-state index contributed by atoms with van der Waals surface area (Å²) in [6.07, 6.45) is 0. The second-order valence-corrected chi connectivity index (χ2v) is 8.42. The molecule has 0 radical (unpaired) electrons. The average molecular weight is 461 g/mol. The Kier molecular flexibility index (Phi) is 9.09. The monoisotopic (exact) mass is 460 g/mol. The number of hydrogen-bond acceptors (Lipinski definition) is 4. The molecule has 0 fully saturated rings. The minimum absolute atomic E-state index is 0.201. The van der Waals surface area contributed by atoms with Gasteiger partial charge in [-0.25, -0.2) is 9.59 Å². The summed E-state index contributed by atoms with van der Waals surface area (Å²) in [6, 6.07) is 24.3. The van der Waals surface area contributed by atoms with Gasteiger partial charge in [-0.2, -0.15) is 0 Å². The van der Waals surface area contributed by atoms with Crippen LogP contribution in [-0.4, -0.2) is 30.1 Å². The lowest BCUT2D eigenvalue weighted by Crippen LogP contribution is -2.37. The first-order valence-electron chi connectivity index (χ1n) is 11.5. The predicted molar refractivity (Wildman–Crippen MR) is 134 cm³/mol. The Morgan fingerprint density at radius 3 is 2.29 bits per heavy atom. The molecule has 178 valence electrons. The topological polar surface area (TPSA) is 67.9 Å². The van der Waals surface area contributed by atoms with Crippen LogP contribution < -0.4 is 10.1 Å². The minimum Gasteiger partial charge on any atom is -0.489 e. The van der Waals surface area contributed by atoms with E-state index in [1.807, 2.05) is 54.6 Å².